The number of hydrogen-bond acceptors (Lipinski definition) is 7. The highest BCUT2D eigenvalue weighted by Crippen LogP contribution is 2.21. The van der Waals surface area contributed by atoms with E-state index in [9.17, 15) is 4.79 Å². The van der Waals surface area contributed by atoms with Crippen LogP contribution >= 0.6 is 0 Å². The lowest BCUT2D eigenvalue weighted by molar-refractivity contribution is 0.210. The molecule has 0 saturated heterocycles. The number of hydrogen-bond donors (Lipinski definition) is 3. The molecule has 0 atom stereocenters. The predicted octanol–water partition coefficient (Wildman–Crippen LogP) is 1.83. The largest absolute Gasteiger partial charge is 0.383 e. The Hall–Kier alpha value is -3.59. The molecule has 0 bridgehead atoms. The first kappa shape index (κ1) is 16.9. The summed E-state index contributed by atoms with van der Waals surface area (Å²) >= 11 is 0. The minimum Gasteiger partial charge on any atom is -0.383 e. The average molecular weight is 363 g/mol. The summed E-state index contributed by atoms with van der Waals surface area (Å²) in [6, 6.07) is 11.0. The van der Waals surface area contributed by atoms with Gasteiger partial charge in [-0.15, -0.1) is 0 Å². The maximum atomic E-state index is 12.3. The molecule has 0 aliphatic carbocycles. The minimum atomic E-state index is -0.328. The molecule has 4 rings (SSSR count). The van der Waals surface area contributed by atoms with Gasteiger partial charge in [0.25, 0.3) is 5.56 Å². The van der Waals surface area contributed by atoms with Crippen LogP contribution in [0.4, 0.5) is 5.82 Å². The fourth-order valence-corrected chi connectivity index (χ4v) is 2.67. The van der Waals surface area contributed by atoms with E-state index in [2.05, 4.69) is 35.5 Å². The van der Waals surface area contributed by atoms with Crippen LogP contribution in [0.1, 0.15) is 0 Å². The highest BCUT2D eigenvalue weighted by Gasteiger charge is 2.13. The number of anilines is 1. The summed E-state index contributed by atoms with van der Waals surface area (Å²) in [5.41, 5.74) is 2.81. The zero-order chi connectivity index (χ0) is 18.6. The Morgan fingerprint density at radius 3 is 2.89 bits per heavy atom. The second kappa shape index (κ2) is 7.34. The minimum absolute atomic E-state index is 0.328. The maximum absolute atomic E-state index is 12.3. The van der Waals surface area contributed by atoms with Crippen molar-refractivity contribution in [3.8, 4) is 22.8 Å². The van der Waals surface area contributed by atoms with E-state index in [4.69, 9.17) is 4.74 Å². The van der Waals surface area contributed by atoms with Crippen LogP contribution in [0, 0.1) is 0 Å². The van der Waals surface area contributed by atoms with E-state index in [0.29, 0.717) is 41.7 Å². The first-order valence-corrected chi connectivity index (χ1v) is 8.34. The first-order chi connectivity index (χ1) is 13.2. The summed E-state index contributed by atoms with van der Waals surface area (Å²) in [6.45, 7) is 1.18. The van der Waals surface area contributed by atoms with Crippen molar-refractivity contribution in [1.29, 1.82) is 0 Å². The number of H-pyrrole nitrogens is 2. The molecule has 3 N–H and O–H groups in total. The number of benzene rings is 1. The Morgan fingerprint density at radius 1 is 1.15 bits per heavy atom. The van der Waals surface area contributed by atoms with Gasteiger partial charge in [0.2, 0.25) is 0 Å². The molecule has 0 aliphatic heterocycles. The highest BCUT2D eigenvalue weighted by atomic mass is 16.5. The number of nitrogens with zero attached hydrogens (tertiary/aromatic N) is 4. The second-order valence-electron chi connectivity index (χ2n) is 5.81. The second-order valence-corrected chi connectivity index (χ2v) is 5.81. The SMILES string of the molecule is COCCNc1cc(-c2cc(-c3nc4ccccc4[nH]3)c(=O)[nH]n2)ncn1. The van der Waals surface area contributed by atoms with Crippen LogP contribution in [0.5, 0.6) is 0 Å². The fourth-order valence-electron chi connectivity index (χ4n) is 2.67. The smallest absolute Gasteiger partial charge is 0.275 e. The monoisotopic (exact) mass is 363 g/mol. The number of nitrogens with one attached hydrogen (secondary N) is 3. The quantitative estimate of drug-likeness (QED) is 0.447. The van der Waals surface area contributed by atoms with Gasteiger partial charge in [0.15, 0.2) is 0 Å². The van der Waals surface area contributed by atoms with Crippen LogP contribution in [0.3, 0.4) is 0 Å². The molecule has 0 amide bonds. The number of rotatable bonds is 6. The third-order valence-corrected chi connectivity index (χ3v) is 3.99. The van der Waals surface area contributed by atoms with Crippen LogP contribution < -0.4 is 10.9 Å². The fraction of sp³-hybridized carbons (Fsp3) is 0.167. The van der Waals surface area contributed by atoms with Gasteiger partial charge in [0.05, 0.1) is 28.9 Å². The van der Waals surface area contributed by atoms with Crippen LogP contribution in [-0.2, 0) is 4.74 Å². The summed E-state index contributed by atoms with van der Waals surface area (Å²) < 4.78 is 5.01. The van der Waals surface area contributed by atoms with Crippen LogP contribution in [0.2, 0.25) is 0 Å². The van der Waals surface area contributed by atoms with Gasteiger partial charge in [0, 0.05) is 19.7 Å². The predicted molar refractivity (Wildman–Crippen MR) is 101 cm³/mol. The molecule has 1 aromatic carbocycles. The third kappa shape index (κ3) is 3.53. The van der Waals surface area contributed by atoms with E-state index in [0.717, 1.165) is 11.0 Å². The summed E-state index contributed by atoms with van der Waals surface area (Å²) in [5, 5.41) is 9.76. The van der Waals surface area contributed by atoms with Crippen molar-refractivity contribution in [2.24, 2.45) is 0 Å². The lowest BCUT2D eigenvalue weighted by atomic mass is 10.2. The van der Waals surface area contributed by atoms with Gasteiger partial charge in [-0.05, 0) is 18.2 Å². The van der Waals surface area contributed by atoms with E-state index >= 15 is 0 Å². The van der Waals surface area contributed by atoms with Crippen LogP contribution in [-0.4, -0.2) is 50.4 Å². The van der Waals surface area contributed by atoms with Crippen LogP contribution in [0.15, 0.2) is 47.5 Å². The zero-order valence-corrected chi connectivity index (χ0v) is 14.6. The van der Waals surface area contributed by atoms with Gasteiger partial charge in [0.1, 0.15) is 23.7 Å². The highest BCUT2D eigenvalue weighted by molar-refractivity contribution is 5.79. The number of methoxy groups -OCH3 is 1. The normalized spacial score (nSPS) is 11.0. The molecule has 9 nitrogen and oxygen atoms in total. The van der Waals surface area contributed by atoms with E-state index in [-0.39, 0.29) is 5.56 Å². The molecular formula is C18H17N7O2. The average Bonchev–Trinajstić information content (AvgIpc) is 3.13. The number of aromatic nitrogens is 6. The molecule has 0 aliphatic rings. The molecular weight excluding hydrogens is 346 g/mol. The maximum Gasteiger partial charge on any atom is 0.275 e. The Labute approximate surface area is 153 Å². The molecule has 0 fully saturated rings. The van der Waals surface area contributed by atoms with Crippen LogP contribution in [0.25, 0.3) is 33.8 Å². The van der Waals surface area contributed by atoms with Gasteiger partial charge in [-0.1, -0.05) is 12.1 Å². The topological polar surface area (TPSA) is 121 Å². The summed E-state index contributed by atoms with van der Waals surface area (Å²) in [6.07, 6.45) is 1.44. The molecule has 0 radical (unpaired) electrons. The molecule has 9 heteroatoms. The van der Waals surface area contributed by atoms with Gasteiger partial charge in [-0.2, -0.15) is 5.10 Å². The van der Waals surface area contributed by atoms with Crippen molar-refractivity contribution in [3.05, 3.63) is 53.1 Å². The van der Waals surface area contributed by atoms with Gasteiger partial charge < -0.3 is 15.0 Å². The Kier molecular flexibility index (Phi) is 4.58. The van der Waals surface area contributed by atoms with E-state index < -0.39 is 0 Å². The lowest BCUT2D eigenvalue weighted by Crippen LogP contribution is -2.12. The summed E-state index contributed by atoms with van der Waals surface area (Å²) in [7, 11) is 1.64. The van der Waals surface area contributed by atoms with Gasteiger partial charge in [-0.25, -0.2) is 20.1 Å². The summed E-state index contributed by atoms with van der Waals surface area (Å²) in [5.74, 6) is 1.13. The van der Waals surface area contributed by atoms with Gasteiger partial charge in [-0.3, -0.25) is 4.79 Å². The molecule has 0 spiro atoms. The number of para-hydroxylation sites is 2. The van der Waals surface area contributed by atoms with Crippen molar-refractivity contribution in [1.82, 2.24) is 30.1 Å². The molecule has 4 aromatic rings. The molecule has 3 heterocycles. The molecule has 3 aromatic heterocycles. The molecule has 0 unspecified atom stereocenters. The number of ether oxygens (including phenoxy) is 1. The zero-order valence-electron chi connectivity index (χ0n) is 14.6. The van der Waals surface area contributed by atoms with Crippen molar-refractivity contribution in [2.75, 3.05) is 25.6 Å². The molecule has 0 saturated carbocycles. The standard InChI is InChI=1S/C18H17N7O2/c1-27-7-6-19-16-9-14(20-10-21-16)15-8-11(18(26)25-24-15)17-22-12-4-2-3-5-13(12)23-17/h2-5,8-10H,6-7H2,1H3,(H,22,23)(H,25,26)(H,19,20,21). The van der Waals surface area contributed by atoms with Crippen molar-refractivity contribution >= 4 is 16.9 Å². The van der Waals surface area contributed by atoms with Crippen molar-refractivity contribution < 1.29 is 4.74 Å². The molecule has 136 valence electrons. The van der Waals surface area contributed by atoms with Gasteiger partial charge >= 0.3 is 0 Å². The van der Waals surface area contributed by atoms with Crippen molar-refractivity contribution in [3.63, 3.8) is 0 Å². The van der Waals surface area contributed by atoms with E-state index in [1.165, 1.54) is 6.33 Å². The Balaban J connectivity index is 1.70. The Bertz CT molecular complexity index is 1100. The number of aromatic amines is 2. The van der Waals surface area contributed by atoms with Crippen molar-refractivity contribution in [2.45, 2.75) is 0 Å². The lowest BCUT2D eigenvalue weighted by Gasteiger charge is -2.06. The number of imidazole rings is 1. The molecule has 27 heavy (non-hydrogen) atoms. The third-order valence-electron chi connectivity index (χ3n) is 3.99. The number of fused-ring (bicyclic) bond motifs is 1. The van der Waals surface area contributed by atoms with E-state index in [1.54, 1.807) is 19.2 Å². The summed E-state index contributed by atoms with van der Waals surface area (Å²) in [4.78, 5) is 28.3. The Morgan fingerprint density at radius 2 is 2.04 bits per heavy atom. The van der Waals surface area contributed by atoms with E-state index in [1.807, 2.05) is 24.3 Å². The first-order valence-electron chi connectivity index (χ1n) is 8.34.